The lowest BCUT2D eigenvalue weighted by Gasteiger charge is -2.29. The molecule has 2 aromatic heterocycles. The maximum atomic E-state index is 6.49. The van der Waals surface area contributed by atoms with Gasteiger partial charge in [-0.3, -0.25) is 0 Å². The van der Waals surface area contributed by atoms with Crippen LogP contribution in [0.5, 0.6) is 0 Å². The molecule has 0 radical (unpaired) electrons. The van der Waals surface area contributed by atoms with Crippen molar-refractivity contribution in [2.75, 3.05) is 4.90 Å². The highest BCUT2D eigenvalue weighted by Crippen LogP contribution is 2.47. The minimum atomic E-state index is 0.894. The summed E-state index contributed by atoms with van der Waals surface area (Å²) in [6.07, 6.45) is 0. The van der Waals surface area contributed by atoms with E-state index in [-0.39, 0.29) is 0 Å². The van der Waals surface area contributed by atoms with Gasteiger partial charge < -0.3 is 13.7 Å². The van der Waals surface area contributed by atoms with Crippen LogP contribution in [0.25, 0.3) is 99.5 Å². The Labute approximate surface area is 365 Å². The van der Waals surface area contributed by atoms with Gasteiger partial charge in [0.1, 0.15) is 22.3 Å². The molecule has 0 amide bonds. The predicted octanol–water partition coefficient (Wildman–Crippen LogP) is 17.3. The second kappa shape index (κ2) is 15.3. The third kappa shape index (κ3) is 6.38. The van der Waals surface area contributed by atoms with Crippen molar-refractivity contribution in [3.8, 4) is 55.6 Å². The van der Waals surface area contributed by atoms with Crippen LogP contribution in [0.1, 0.15) is 0 Å². The lowest BCUT2D eigenvalue weighted by molar-refractivity contribution is 0.669. The van der Waals surface area contributed by atoms with Crippen molar-refractivity contribution in [2.45, 2.75) is 0 Å². The van der Waals surface area contributed by atoms with Gasteiger partial charge in [0.2, 0.25) is 0 Å². The Morgan fingerprint density at radius 3 is 1.06 bits per heavy atom. The summed E-state index contributed by atoms with van der Waals surface area (Å²) in [7, 11) is 0. The van der Waals surface area contributed by atoms with Crippen molar-refractivity contribution in [1.82, 2.24) is 0 Å². The molecule has 12 rings (SSSR count). The Kier molecular flexibility index (Phi) is 8.83. The van der Waals surface area contributed by atoms with Crippen LogP contribution in [0.3, 0.4) is 0 Å². The number of anilines is 3. The minimum Gasteiger partial charge on any atom is -0.455 e. The predicted molar refractivity (Wildman–Crippen MR) is 263 cm³/mol. The maximum Gasteiger partial charge on any atom is 0.143 e. The number of nitrogens with zero attached hydrogens (tertiary/aromatic N) is 1. The summed E-state index contributed by atoms with van der Waals surface area (Å²) < 4.78 is 13.0. The molecule has 0 atom stereocenters. The molecular weight excluding hydrogens is 767 g/mol. The fraction of sp³-hybridized carbons (Fsp3) is 0. The quantitative estimate of drug-likeness (QED) is 0.153. The highest BCUT2D eigenvalue weighted by Gasteiger charge is 2.22. The molecule has 3 heteroatoms. The van der Waals surface area contributed by atoms with Crippen LogP contribution in [0.15, 0.2) is 245 Å². The van der Waals surface area contributed by atoms with Crippen LogP contribution in [-0.2, 0) is 0 Å². The van der Waals surface area contributed by atoms with Crippen molar-refractivity contribution in [3.05, 3.63) is 237 Å². The van der Waals surface area contributed by atoms with Gasteiger partial charge in [-0.2, -0.15) is 0 Å². The van der Waals surface area contributed by atoms with Crippen LogP contribution >= 0.6 is 0 Å². The molecule has 2 heterocycles. The number of para-hydroxylation sites is 4. The maximum absolute atomic E-state index is 6.49. The summed E-state index contributed by atoms with van der Waals surface area (Å²) in [4.78, 5) is 2.38. The molecule has 3 nitrogen and oxygen atoms in total. The molecule has 296 valence electrons. The van der Waals surface area contributed by atoms with E-state index >= 15 is 0 Å². The van der Waals surface area contributed by atoms with Gasteiger partial charge in [0.15, 0.2) is 0 Å². The van der Waals surface area contributed by atoms with Crippen molar-refractivity contribution >= 4 is 60.9 Å². The SMILES string of the molecule is c1ccc(-c2cc(N(c3ccc(-c4cccc5c4oc4ccccc45)cc3)c3ccc(-c4cccc5c4oc4ccccc45)cc3)cc(-c3ccccc3)c2-c2ccccc2)cc1. The third-order valence-corrected chi connectivity index (χ3v) is 12.3. The van der Waals surface area contributed by atoms with Crippen molar-refractivity contribution < 1.29 is 8.83 Å². The van der Waals surface area contributed by atoms with Gasteiger partial charge in [0, 0.05) is 49.7 Å². The lowest BCUT2D eigenvalue weighted by Crippen LogP contribution is -2.11. The highest BCUT2D eigenvalue weighted by molar-refractivity contribution is 6.11. The van der Waals surface area contributed by atoms with Gasteiger partial charge in [0.25, 0.3) is 0 Å². The number of benzene rings is 10. The summed E-state index contributed by atoms with van der Waals surface area (Å²) >= 11 is 0. The Bertz CT molecular complexity index is 3370. The number of fused-ring (bicyclic) bond motifs is 6. The highest BCUT2D eigenvalue weighted by atomic mass is 16.3. The van der Waals surface area contributed by atoms with E-state index in [0.717, 1.165) is 105 Å². The molecule has 63 heavy (non-hydrogen) atoms. The van der Waals surface area contributed by atoms with E-state index in [9.17, 15) is 0 Å². The van der Waals surface area contributed by atoms with Gasteiger partial charge >= 0.3 is 0 Å². The second-order valence-electron chi connectivity index (χ2n) is 16.0. The van der Waals surface area contributed by atoms with Gasteiger partial charge in [-0.05, 0) is 93.0 Å². The van der Waals surface area contributed by atoms with E-state index in [0.29, 0.717) is 0 Å². The number of hydrogen-bond donors (Lipinski definition) is 0. The molecule has 10 aromatic carbocycles. The second-order valence-corrected chi connectivity index (χ2v) is 16.0. The zero-order chi connectivity index (χ0) is 41.7. The summed E-state index contributed by atoms with van der Waals surface area (Å²) in [6, 6.07) is 84.2. The first kappa shape index (κ1) is 36.5. The van der Waals surface area contributed by atoms with Gasteiger partial charge in [0.05, 0.1) is 0 Å². The minimum absolute atomic E-state index is 0.894. The molecule has 0 aliphatic carbocycles. The smallest absolute Gasteiger partial charge is 0.143 e. The van der Waals surface area contributed by atoms with Crippen LogP contribution in [0, 0.1) is 0 Å². The van der Waals surface area contributed by atoms with Crippen molar-refractivity contribution in [2.24, 2.45) is 0 Å². The molecule has 0 N–H and O–H groups in total. The van der Waals surface area contributed by atoms with Crippen molar-refractivity contribution in [3.63, 3.8) is 0 Å². The van der Waals surface area contributed by atoms with Crippen LogP contribution in [-0.4, -0.2) is 0 Å². The Morgan fingerprint density at radius 1 is 0.254 bits per heavy atom. The van der Waals surface area contributed by atoms with E-state index in [1.165, 1.54) is 11.1 Å². The topological polar surface area (TPSA) is 29.5 Å². The number of rotatable bonds is 8. The molecule has 0 unspecified atom stereocenters. The Hall–Kier alpha value is -8.40. The van der Waals surface area contributed by atoms with Crippen LogP contribution in [0.4, 0.5) is 17.1 Å². The first-order valence-corrected chi connectivity index (χ1v) is 21.4. The van der Waals surface area contributed by atoms with Crippen molar-refractivity contribution in [1.29, 1.82) is 0 Å². The molecule has 0 fully saturated rings. The van der Waals surface area contributed by atoms with Gasteiger partial charge in [-0.1, -0.05) is 188 Å². The van der Waals surface area contributed by atoms with E-state index in [2.05, 4.69) is 217 Å². The standard InChI is InChI=1S/C60H39NO2/c1-4-16-40(17-5-1)54-38-47(39-55(41-18-6-2-7-19-41)58(54)44-20-8-3-9-21-44)61(45-34-30-42(31-35-45)48-24-14-26-52-50-22-10-12-28-56(50)62-59(48)52)46-36-32-43(33-37-46)49-25-15-27-53-51-23-11-13-29-57(51)63-60(49)53/h1-39H. The third-order valence-electron chi connectivity index (χ3n) is 12.3. The molecule has 12 aromatic rings. The summed E-state index contributed by atoms with van der Waals surface area (Å²) in [5.74, 6) is 0. The molecule has 0 spiro atoms. The Morgan fingerprint density at radius 2 is 0.619 bits per heavy atom. The molecule has 0 aliphatic rings. The molecule has 0 saturated heterocycles. The van der Waals surface area contributed by atoms with E-state index in [1.54, 1.807) is 0 Å². The zero-order valence-corrected chi connectivity index (χ0v) is 34.3. The van der Waals surface area contributed by atoms with E-state index < -0.39 is 0 Å². The summed E-state index contributed by atoms with van der Waals surface area (Å²) in [5.41, 5.74) is 18.0. The number of hydrogen-bond acceptors (Lipinski definition) is 3. The monoisotopic (exact) mass is 805 g/mol. The van der Waals surface area contributed by atoms with Crippen LogP contribution < -0.4 is 4.90 Å². The number of furan rings is 2. The van der Waals surface area contributed by atoms with Gasteiger partial charge in [-0.15, -0.1) is 0 Å². The average Bonchev–Trinajstić information content (AvgIpc) is 3.94. The molecule has 0 aliphatic heterocycles. The first-order chi connectivity index (χ1) is 31.2. The largest absolute Gasteiger partial charge is 0.455 e. The zero-order valence-electron chi connectivity index (χ0n) is 34.3. The summed E-state index contributed by atoms with van der Waals surface area (Å²) in [6.45, 7) is 0. The van der Waals surface area contributed by atoms with E-state index in [1.807, 2.05) is 24.3 Å². The fourth-order valence-electron chi connectivity index (χ4n) is 9.34. The normalized spacial score (nSPS) is 11.5. The molecular formula is C60H39NO2. The lowest BCUT2D eigenvalue weighted by atomic mass is 9.86. The first-order valence-electron chi connectivity index (χ1n) is 21.4. The van der Waals surface area contributed by atoms with Crippen LogP contribution in [0.2, 0.25) is 0 Å². The summed E-state index contributed by atoms with van der Waals surface area (Å²) in [5, 5.41) is 4.49. The van der Waals surface area contributed by atoms with Gasteiger partial charge in [-0.25, -0.2) is 0 Å². The molecule has 0 saturated carbocycles. The van der Waals surface area contributed by atoms with E-state index in [4.69, 9.17) is 8.83 Å². The molecule has 0 bridgehead atoms. The fourth-order valence-corrected chi connectivity index (χ4v) is 9.34. The Balaban J connectivity index is 1.06. The average molecular weight is 806 g/mol.